The molecular weight excluding hydrogens is 191 g/mol. The largest absolute Gasteiger partial charge is 0.451 e. The van der Waals surface area contributed by atoms with E-state index in [1.807, 2.05) is 0 Å². The molecule has 1 amide bonds. The zero-order chi connectivity index (χ0) is 8.85. The summed E-state index contributed by atoms with van der Waals surface area (Å²) in [4.78, 5) is 12.5. The fourth-order valence-electron chi connectivity index (χ4n) is 0.267. The first kappa shape index (κ1) is 10.2. The van der Waals surface area contributed by atoms with Crippen molar-refractivity contribution in [2.75, 3.05) is 7.11 Å². The molecule has 4 nitrogen and oxygen atoms in total. The highest BCUT2D eigenvalue weighted by Crippen LogP contribution is 2.04. The summed E-state index contributed by atoms with van der Waals surface area (Å²) in [5, 5.41) is 8.28. The molecule has 60 valence electrons. The topological polar surface area (TPSA) is 62.4 Å². The van der Waals surface area contributed by atoms with Gasteiger partial charge in [0.1, 0.15) is 6.07 Å². The summed E-state index contributed by atoms with van der Waals surface area (Å²) in [7, 11) is 1.14. The highest BCUT2D eigenvalue weighted by atomic mass is 35.5. The Hall–Kier alpha value is -0.790. The molecule has 0 aromatic heterocycles. The van der Waals surface area contributed by atoms with Crippen LogP contribution in [0.5, 0.6) is 0 Å². The van der Waals surface area contributed by atoms with Crippen molar-refractivity contribution in [3.63, 3.8) is 0 Å². The van der Waals surface area contributed by atoms with Crippen LogP contribution in [-0.2, 0) is 4.74 Å². The first-order valence-electron chi connectivity index (χ1n) is 2.46. The van der Waals surface area contributed by atoms with Crippen LogP contribution >= 0.6 is 23.2 Å². The van der Waals surface area contributed by atoms with Crippen molar-refractivity contribution in [1.82, 2.24) is 0 Å². The third kappa shape index (κ3) is 3.81. The normalized spacial score (nSPS) is 11.0. The van der Waals surface area contributed by atoms with Crippen molar-refractivity contribution >= 4 is 35.0 Å². The van der Waals surface area contributed by atoms with Crippen molar-refractivity contribution < 1.29 is 9.53 Å². The van der Waals surface area contributed by atoms with Gasteiger partial charge in [0.05, 0.1) is 7.11 Å². The van der Waals surface area contributed by atoms with Crippen LogP contribution in [0.1, 0.15) is 0 Å². The number of hydrogen-bond acceptors (Lipinski definition) is 3. The predicted molar refractivity (Wildman–Crippen MR) is 40.9 cm³/mol. The number of hydrogen-bond donors (Lipinski definition) is 0. The molecule has 0 spiro atoms. The minimum Gasteiger partial charge on any atom is -0.451 e. The van der Waals surface area contributed by atoms with Crippen molar-refractivity contribution in [2.45, 2.75) is 4.84 Å². The lowest BCUT2D eigenvalue weighted by molar-refractivity contribution is 0.182. The van der Waals surface area contributed by atoms with Crippen LogP contribution in [0, 0.1) is 11.3 Å². The second-order valence-electron chi connectivity index (χ2n) is 1.38. The standard InChI is InChI=1S/C5H4Cl2N2O2/c1-11-5(10)9-3(2-8)4(6)7/h4H,1H3. The molecule has 0 aromatic carbocycles. The van der Waals surface area contributed by atoms with E-state index in [1.165, 1.54) is 0 Å². The molecule has 0 heterocycles. The minimum absolute atomic E-state index is 0.278. The van der Waals surface area contributed by atoms with Gasteiger partial charge in [-0.2, -0.15) is 10.3 Å². The Labute approximate surface area is 73.4 Å². The van der Waals surface area contributed by atoms with Gasteiger partial charge in [-0.3, -0.25) is 0 Å². The van der Waals surface area contributed by atoms with Crippen LogP contribution in [-0.4, -0.2) is 23.8 Å². The molecule has 0 radical (unpaired) electrons. The Kier molecular flexibility index (Phi) is 4.59. The Morgan fingerprint density at radius 1 is 1.73 bits per heavy atom. The number of carbonyl (C=O) groups is 1. The lowest BCUT2D eigenvalue weighted by Crippen LogP contribution is -2.08. The average Bonchev–Trinajstić information content (AvgIpc) is 1.99. The van der Waals surface area contributed by atoms with E-state index in [4.69, 9.17) is 28.5 Å². The highest BCUT2D eigenvalue weighted by molar-refractivity contribution is 6.56. The quantitative estimate of drug-likeness (QED) is 0.470. The Bertz CT molecular complexity index is 219. The monoisotopic (exact) mass is 194 g/mol. The van der Waals surface area contributed by atoms with E-state index in [9.17, 15) is 4.79 Å². The molecule has 0 aliphatic rings. The maximum absolute atomic E-state index is 10.4. The van der Waals surface area contributed by atoms with Gasteiger partial charge in [0.25, 0.3) is 0 Å². The molecule has 11 heavy (non-hydrogen) atoms. The zero-order valence-corrected chi connectivity index (χ0v) is 7.06. The average molecular weight is 195 g/mol. The molecule has 0 aliphatic heterocycles. The van der Waals surface area contributed by atoms with Gasteiger partial charge in [-0.15, -0.1) is 0 Å². The molecule has 0 saturated heterocycles. The summed E-state index contributed by atoms with van der Waals surface area (Å²) >= 11 is 10.5. The van der Waals surface area contributed by atoms with Crippen LogP contribution in [0.3, 0.4) is 0 Å². The number of nitriles is 1. The Balaban J connectivity index is 4.39. The molecule has 0 bridgehead atoms. The van der Waals surface area contributed by atoms with Gasteiger partial charge in [0.2, 0.25) is 0 Å². The van der Waals surface area contributed by atoms with Gasteiger partial charge in [0, 0.05) is 0 Å². The van der Waals surface area contributed by atoms with Gasteiger partial charge >= 0.3 is 6.09 Å². The van der Waals surface area contributed by atoms with Gasteiger partial charge in [-0.1, -0.05) is 23.2 Å². The van der Waals surface area contributed by atoms with E-state index < -0.39 is 10.9 Å². The second kappa shape index (κ2) is 4.94. The summed E-state index contributed by atoms with van der Waals surface area (Å²) in [6, 6.07) is 1.55. The number of carbonyl (C=O) groups excluding carboxylic acids is 1. The zero-order valence-electron chi connectivity index (χ0n) is 5.54. The van der Waals surface area contributed by atoms with Gasteiger partial charge in [-0.05, 0) is 0 Å². The third-order valence-electron chi connectivity index (χ3n) is 0.708. The van der Waals surface area contributed by atoms with Crippen molar-refractivity contribution in [3.8, 4) is 6.07 Å². The number of rotatable bonds is 1. The lowest BCUT2D eigenvalue weighted by atomic mass is 10.5. The van der Waals surface area contributed by atoms with Crippen molar-refractivity contribution in [3.05, 3.63) is 0 Å². The van der Waals surface area contributed by atoms with Gasteiger partial charge in [0.15, 0.2) is 10.5 Å². The smallest absolute Gasteiger partial charge is 0.434 e. The number of halogens is 2. The first-order valence-corrected chi connectivity index (χ1v) is 3.34. The second-order valence-corrected chi connectivity index (χ2v) is 2.48. The molecule has 0 fully saturated rings. The number of amides is 1. The molecule has 0 aliphatic carbocycles. The number of methoxy groups -OCH3 is 1. The first-order chi connectivity index (χ1) is 5.11. The van der Waals surface area contributed by atoms with Crippen LogP contribution in [0.4, 0.5) is 4.79 Å². The molecule has 0 rings (SSSR count). The predicted octanol–water partition coefficient (Wildman–Crippen LogP) is 1.52. The SMILES string of the molecule is COC(=O)N=C(C#N)C(Cl)Cl. The summed E-state index contributed by atoms with van der Waals surface area (Å²) < 4.78 is 4.14. The van der Waals surface area contributed by atoms with Gasteiger partial charge < -0.3 is 4.74 Å². The molecule has 0 N–H and O–H groups in total. The molecule has 0 unspecified atom stereocenters. The summed E-state index contributed by atoms with van der Waals surface area (Å²) in [6.45, 7) is 0. The number of aliphatic imine (C=N–C) groups is 1. The van der Waals surface area contributed by atoms with Gasteiger partial charge in [-0.25, -0.2) is 4.79 Å². The fraction of sp³-hybridized carbons (Fsp3) is 0.400. The minimum atomic E-state index is -1.10. The lowest BCUT2D eigenvalue weighted by Gasteiger charge is -1.94. The highest BCUT2D eigenvalue weighted by Gasteiger charge is 2.10. The summed E-state index contributed by atoms with van der Waals surface area (Å²) in [5.74, 6) is 0. The summed E-state index contributed by atoms with van der Waals surface area (Å²) in [6.07, 6.45) is -0.896. The number of ether oxygens (including phenoxy) is 1. The van der Waals surface area contributed by atoms with E-state index in [2.05, 4.69) is 9.73 Å². The van der Waals surface area contributed by atoms with Crippen LogP contribution in [0.15, 0.2) is 4.99 Å². The van der Waals surface area contributed by atoms with E-state index >= 15 is 0 Å². The molecule has 0 aromatic rings. The maximum atomic E-state index is 10.4. The van der Waals surface area contributed by atoms with Crippen molar-refractivity contribution in [2.24, 2.45) is 4.99 Å². The van der Waals surface area contributed by atoms with E-state index in [0.29, 0.717) is 0 Å². The number of alkyl halides is 2. The maximum Gasteiger partial charge on any atom is 0.434 e. The van der Waals surface area contributed by atoms with Crippen LogP contribution < -0.4 is 0 Å². The summed E-state index contributed by atoms with van der Waals surface area (Å²) in [5.41, 5.74) is -0.278. The van der Waals surface area contributed by atoms with E-state index in [1.54, 1.807) is 6.07 Å². The Morgan fingerprint density at radius 2 is 2.27 bits per heavy atom. The van der Waals surface area contributed by atoms with E-state index in [0.717, 1.165) is 7.11 Å². The van der Waals surface area contributed by atoms with E-state index in [-0.39, 0.29) is 5.71 Å². The Morgan fingerprint density at radius 3 is 2.55 bits per heavy atom. The molecule has 0 atom stereocenters. The molecule has 0 saturated carbocycles. The van der Waals surface area contributed by atoms with Crippen molar-refractivity contribution in [1.29, 1.82) is 5.26 Å². The van der Waals surface area contributed by atoms with Crippen LogP contribution in [0.2, 0.25) is 0 Å². The third-order valence-corrected chi connectivity index (χ3v) is 1.12. The molecular formula is C5H4Cl2N2O2. The fourth-order valence-corrected chi connectivity index (χ4v) is 0.462. The molecule has 6 heteroatoms. The van der Waals surface area contributed by atoms with Crippen LogP contribution in [0.25, 0.3) is 0 Å². The number of nitrogens with zero attached hydrogens (tertiary/aromatic N) is 2.